The van der Waals surface area contributed by atoms with E-state index in [1.807, 2.05) is 18.3 Å². The SMILES string of the molecule is Nc1ncnc2c1ccn2C1CCC(CCc2ccn3cc(C(F)(F)F)nc3c2)C1. The van der Waals surface area contributed by atoms with Crippen LogP contribution in [0.15, 0.2) is 43.1 Å². The molecule has 1 saturated carbocycles. The van der Waals surface area contributed by atoms with Crippen molar-refractivity contribution in [2.45, 2.75) is 44.3 Å². The number of anilines is 1. The van der Waals surface area contributed by atoms with E-state index in [0.29, 0.717) is 23.4 Å². The first-order valence-electron chi connectivity index (χ1n) is 10.0. The van der Waals surface area contributed by atoms with Crippen LogP contribution in [0.1, 0.15) is 43.0 Å². The highest BCUT2D eigenvalue weighted by Gasteiger charge is 2.34. The topological polar surface area (TPSA) is 74.0 Å². The van der Waals surface area contributed by atoms with E-state index in [-0.39, 0.29) is 0 Å². The van der Waals surface area contributed by atoms with E-state index in [9.17, 15) is 13.2 Å². The number of fused-ring (bicyclic) bond motifs is 2. The minimum absolute atomic E-state index is 0.334. The molecule has 2 unspecified atom stereocenters. The van der Waals surface area contributed by atoms with Crippen molar-refractivity contribution in [3.05, 3.63) is 54.4 Å². The van der Waals surface area contributed by atoms with Gasteiger partial charge in [0.25, 0.3) is 0 Å². The molecule has 1 aliphatic carbocycles. The summed E-state index contributed by atoms with van der Waals surface area (Å²) >= 11 is 0. The summed E-state index contributed by atoms with van der Waals surface area (Å²) in [5, 5.41) is 0.882. The number of pyridine rings is 1. The second-order valence-electron chi connectivity index (χ2n) is 8.02. The molecule has 0 aliphatic heterocycles. The normalized spacial score (nSPS) is 19.8. The van der Waals surface area contributed by atoms with E-state index in [2.05, 4.69) is 19.5 Å². The lowest BCUT2D eigenvalue weighted by atomic mass is 9.98. The molecule has 9 heteroatoms. The van der Waals surface area contributed by atoms with Gasteiger partial charge < -0.3 is 14.7 Å². The van der Waals surface area contributed by atoms with Crippen LogP contribution in [-0.2, 0) is 12.6 Å². The van der Waals surface area contributed by atoms with Crippen LogP contribution in [0.5, 0.6) is 0 Å². The zero-order valence-electron chi connectivity index (χ0n) is 16.2. The van der Waals surface area contributed by atoms with Gasteiger partial charge in [0.1, 0.15) is 23.4 Å². The molecule has 0 saturated heterocycles. The number of aryl methyl sites for hydroxylation is 1. The molecule has 2 atom stereocenters. The van der Waals surface area contributed by atoms with Crippen molar-refractivity contribution in [1.82, 2.24) is 23.9 Å². The van der Waals surface area contributed by atoms with Crippen LogP contribution >= 0.6 is 0 Å². The maximum atomic E-state index is 12.9. The lowest BCUT2D eigenvalue weighted by molar-refractivity contribution is -0.140. The monoisotopic (exact) mass is 414 g/mol. The number of rotatable bonds is 4. The van der Waals surface area contributed by atoms with Gasteiger partial charge >= 0.3 is 6.18 Å². The van der Waals surface area contributed by atoms with Gasteiger partial charge in [0.05, 0.1) is 5.39 Å². The highest BCUT2D eigenvalue weighted by Crippen LogP contribution is 2.39. The fourth-order valence-corrected chi connectivity index (χ4v) is 4.54. The first-order valence-corrected chi connectivity index (χ1v) is 10.0. The van der Waals surface area contributed by atoms with Crippen molar-refractivity contribution in [3.63, 3.8) is 0 Å². The Kier molecular flexibility index (Phi) is 4.41. The second-order valence-corrected chi connectivity index (χ2v) is 8.02. The van der Waals surface area contributed by atoms with Gasteiger partial charge in [-0.2, -0.15) is 13.2 Å². The minimum Gasteiger partial charge on any atom is -0.383 e. The molecule has 5 rings (SSSR count). The Balaban J connectivity index is 1.26. The van der Waals surface area contributed by atoms with E-state index in [0.717, 1.165) is 54.9 Å². The van der Waals surface area contributed by atoms with E-state index >= 15 is 0 Å². The van der Waals surface area contributed by atoms with Crippen molar-refractivity contribution in [3.8, 4) is 0 Å². The van der Waals surface area contributed by atoms with Gasteiger partial charge in [0, 0.05) is 24.6 Å². The molecular weight excluding hydrogens is 393 g/mol. The molecule has 0 aromatic carbocycles. The van der Waals surface area contributed by atoms with Crippen LogP contribution in [0.2, 0.25) is 0 Å². The van der Waals surface area contributed by atoms with Crippen molar-refractivity contribution in [1.29, 1.82) is 0 Å². The highest BCUT2D eigenvalue weighted by molar-refractivity contribution is 5.86. The van der Waals surface area contributed by atoms with Crippen molar-refractivity contribution < 1.29 is 13.2 Å². The third-order valence-corrected chi connectivity index (χ3v) is 6.10. The third kappa shape index (κ3) is 3.38. The van der Waals surface area contributed by atoms with Crippen LogP contribution in [-0.4, -0.2) is 23.9 Å². The lowest BCUT2D eigenvalue weighted by Crippen LogP contribution is -2.06. The van der Waals surface area contributed by atoms with Crippen molar-refractivity contribution in [2.75, 3.05) is 5.73 Å². The standard InChI is InChI=1S/C21H21F3N6/c22-21(23,24)17-11-29-7-5-14(10-18(29)28-17)2-1-13-3-4-15(9-13)30-8-6-16-19(25)26-12-27-20(16)30/h5-8,10-13,15H,1-4,9H2,(H2,25,26,27). The summed E-state index contributed by atoms with van der Waals surface area (Å²) < 4.78 is 42.2. The van der Waals surface area contributed by atoms with Crippen LogP contribution < -0.4 is 5.73 Å². The molecule has 4 aromatic heterocycles. The molecular formula is C21H21F3N6. The van der Waals surface area contributed by atoms with Gasteiger partial charge in [0.2, 0.25) is 0 Å². The molecule has 30 heavy (non-hydrogen) atoms. The summed E-state index contributed by atoms with van der Waals surface area (Å²) in [5.74, 6) is 1.06. The summed E-state index contributed by atoms with van der Waals surface area (Å²) in [4.78, 5) is 12.2. The molecule has 0 spiro atoms. The average molecular weight is 414 g/mol. The first-order chi connectivity index (χ1) is 14.4. The smallest absolute Gasteiger partial charge is 0.383 e. The summed E-state index contributed by atoms with van der Waals surface area (Å²) in [7, 11) is 0. The quantitative estimate of drug-likeness (QED) is 0.527. The Morgan fingerprint density at radius 1 is 1.13 bits per heavy atom. The number of imidazole rings is 1. The summed E-state index contributed by atoms with van der Waals surface area (Å²) in [5.41, 5.74) is 7.30. The van der Waals surface area contributed by atoms with Crippen LogP contribution in [0, 0.1) is 5.92 Å². The highest BCUT2D eigenvalue weighted by atomic mass is 19.4. The number of hydrogen-bond donors (Lipinski definition) is 1. The minimum atomic E-state index is -4.43. The van der Waals surface area contributed by atoms with E-state index in [1.165, 1.54) is 10.7 Å². The molecule has 4 heterocycles. The number of alkyl halides is 3. The maximum absolute atomic E-state index is 12.9. The van der Waals surface area contributed by atoms with E-state index in [4.69, 9.17) is 5.73 Å². The summed E-state index contributed by atoms with van der Waals surface area (Å²) in [6.07, 6.45) is 6.85. The number of halogens is 3. The molecule has 4 aromatic rings. The fraction of sp³-hybridized carbons (Fsp3) is 0.381. The molecule has 0 radical (unpaired) electrons. The predicted molar refractivity (Wildman–Crippen MR) is 107 cm³/mol. The number of nitrogens with two attached hydrogens (primary N) is 1. The molecule has 0 bridgehead atoms. The first kappa shape index (κ1) is 18.9. The average Bonchev–Trinajstić information content (AvgIpc) is 3.43. The summed E-state index contributed by atoms with van der Waals surface area (Å²) in [6, 6.07) is 5.97. The van der Waals surface area contributed by atoms with Gasteiger partial charge in [0.15, 0.2) is 5.69 Å². The van der Waals surface area contributed by atoms with Gasteiger partial charge in [-0.3, -0.25) is 0 Å². The molecule has 0 amide bonds. The molecule has 6 nitrogen and oxygen atoms in total. The van der Waals surface area contributed by atoms with Crippen LogP contribution in [0.25, 0.3) is 16.7 Å². The van der Waals surface area contributed by atoms with Gasteiger partial charge in [-0.05, 0) is 61.8 Å². The Hall–Kier alpha value is -3.10. The number of hydrogen-bond acceptors (Lipinski definition) is 4. The van der Waals surface area contributed by atoms with Gasteiger partial charge in [-0.15, -0.1) is 0 Å². The van der Waals surface area contributed by atoms with Gasteiger partial charge in [-0.1, -0.05) is 0 Å². The zero-order chi connectivity index (χ0) is 20.9. The Morgan fingerprint density at radius 2 is 2.00 bits per heavy atom. The molecule has 1 aliphatic rings. The number of nitrogens with zero attached hydrogens (tertiary/aromatic N) is 5. The van der Waals surface area contributed by atoms with Crippen molar-refractivity contribution >= 4 is 22.5 Å². The number of aromatic nitrogens is 5. The second kappa shape index (κ2) is 7.00. The third-order valence-electron chi connectivity index (χ3n) is 6.10. The molecule has 156 valence electrons. The van der Waals surface area contributed by atoms with Gasteiger partial charge in [-0.25, -0.2) is 15.0 Å². The zero-order valence-corrected chi connectivity index (χ0v) is 16.2. The van der Waals surface area contributed by atoms with E-state index < -0.39 is 11.9 Å². The van der Waals surface area contributed by atoms with Crippen LogP contribution in [0.4, 0.5) is 19.0 Å². The summed E-state index contributed by atoms with van der Waals surface area (Å²) in [6.45, 7) is 0. The fourth-order valence-electron chi connectivity index (χ4n) is 4.54. The maximum Gasteiger partial charge on any atom is 0.434 e. The number of nitrogen functional groups attached to an aromatic ring is 1. The molecule has 2 N–H and O–H groups in total. The molecule has 1 fully saturated rings. The Morgan fingerprint density at radius 3 is 2.83 bits per heavy atom. The predicted octanol–water partition coefficient (Wildman–Crippen LogP) is 4.65. The van der Waals surface area contributed by atoms with Crippen LogP contribution in [0.3, 0.4) is 0 Å². The Bertz CT molecular complexity index is 1210. The largest absolute Gasteiger partial charge is 0.434 e. The Labute approximate surface area is 170 Å². The van der Waals surface area contributed by atoms with E-state index in [1.54, 1.807) is 12.3 Å². The van der Waals surface area contributed by atoms with Crippen molar-refractivity contribution in [2.24, 2.45) is 5.92 Å². The lowest BCUT2D eigenvalue weighted by Gasteiger charge is -2.14.